The Kier molecular flexibility index (Phi) is 11.9. The lowest BCUT2D eigenvalue weighted by Gasteiger charge is -2.46. The highest BCUT2D eigenvalue weighted by molar-refractivity contribution is 5.99. The van der Waals surface area contributed by atoms with Crippen LogP contribution >= 0.6 is 0 Å². The lowest BCUT2D eigenvalue weighted by Crippen LogP contribution is -2.63. The molecule has 2 atom stereocenters. The number of ether oxygens (including phenoxy) is 3. The van der Waals surface area contributed by atoms with Gasteiger partial charge in [-0.3, -0.25) is 14.5 Å². The van der Waals surface area contributed by atoms with Gasteiger partial charge in [0.2, 0.25) is 5.91 Å². The molecule has 13 heteroatoms. The monoisotopic (exact) mass is 644 g/mol. The summed E-state index contributed by atoms with van der Waals surface area (Å²) in [5.41, 5.74) is 0.925. The Labute approximate surface area is 272 Å². The number of aromatic nitrogens is 1. The number of rotatable bonds is 11. The fraction of sp³-hybridized carbons (Fsp3) is 0.667. The molecule has 0 saturated carbocycles. The van der Waals surface area contributed by atoms with Gasteiger partial charge in [0.15, 0.2) is 0 Å². The third kappa shape index (κ3) is 8.90. The molecule has 1 aromatic carbocycles. The summed E-state index contributed by atoms with van der Waals surface area (Å²) in [6.07, 6.45) is -0.351. The van der Waals surface area contributed by atoms with E-state index in [1.54, 1.807) is 12.0 Å². The van der Waals surface area contributed by atoms with Crippen molar-refractivity contribution in [2.75, 3.05) is 92.9 Å². The van der Waals surface area contributed by atoms with Gasteiger partial charge in [0.1, 0.15) is 17.0 Å². The molecule has 2 fully saturated rings. The van der Waals surface area contributed by atoms with Crippen LogP contribution in [0.15, 0.2) is 24.3 Å². The number of aliphatic hydroxyl groups excluding tert-OH is 1. The van der Waals surface area contributed by atoms with Crippen LogP contribution in [0.2, 0.25) is 0 Å². The molecule has 4 rings (SSSR count). The second-order valence-electron chi connectivity index (χ2n) is 13.3. The van der Waals surface area contributed by atoms with Crippen molar-refractivity contribution in [3.05, 3.63) is 30.0 Å². The third-order valence-electron chi connectivity index (χ3n) is 8.69. The Morgan fingerprint density at radius 3 is 2.37 bits per heavy atom. The zero-order valence-electron chi connectivity index (χ0n) is 28.5. The molecule has 1 N–H and O–H groups in total. The summed E-state index contributed by atoms with van der Waals surface area (Å²) in [5.74, 6) is 0.699. The molecule has 2 unspecified atom stereocenters. The number of carbonyl (C=O) groups excluding carboxylic acids is 3. The van der Waals surface area contributed by atoms with Gasteiger partial charge in [-0.1, -0.05) is 0 Å². The van der Waals surface area contributed by atoms with E-state index in [0.29, 0.717) is 64.7 Å². The van der Waals surface area contributed by atoms with Crippen LogP contribution in [0, 0.1) is 0 Å². The largest absolute Gasteiger partial charge is 0.497 e. The van der Waals surface area contributed by atoms with E-state index in [9.17, 15) is 14.4 Å². The van der Waals surface area contributed by atoms with Crippen LogP contribution in [0.1, 0.15) is 38.2 Å². The van der Waals surface area contributed by atoms with Crippen LogP contribution in [-0.2, 0) is 21.3 Å². The molecule has 13 nitrogen and oxygen atoms in total. The number of carbonyl (C=O) groups is 3. The topological polar surface area (TPSA) is 120 Å². The molecule has 2 aromatic rings. The number of hydrogen-bond donors (Lipinski definition) is 1. The van der Waals surface area contributed by atoms with Crippen molar-refractivity contribution in [2.45, 2.75) is 45.4 Å². The first-order valence-electron chi connectivity index (χ1n) is 16.1. The molecule has 2 saturated heterocycles. The number of piperazine rings is 2. The van der Waals surface area contributed by atoms with E-state index in [0.717, 1.165) is 16.7 Å². The minimum Gasteiger partial charge on any atom is -0.497 e. The Morgan fingerprint density at radius 2 is 1.72 bits per heavy atom. The van der Waals surface area contributed by atoms with Gasteiger partial charge in [-0.05, 0) is 52.9 Å². The van der Waals surface area contributed by atoms with Gasteiger partial charge < -0.3 is 43.5 Å². The molecule has 2 aliphatic rings. The Morgan fingerprint density at radius 1 is 1.02 bits per heavy atom. The normalized spacial score (nSPS) is 19.6. The standard InChI is InChI=1S/C33H52N6O7/c1-24-20-38(26(21-34(5)14-16-45-17-15-40)22-39(24)32(43)46-33(2,3)4)23-30(41)36-10-12-37(13-11-36)31(42)29-18-25-8-9-27(44-7)19-28(25)35(29)6/h8-9,18-19,24,26,40H,10-17,20-23H2,1-7H3. The summed E-state index contributed by atoms with van der Waals surface area (Å²) < 4.78 is 18.4. The lowest BCUT2D eigenvalue weighted by molar-refractivity contribution is -0.135. The van der Waals surface area contributed by atoms with E-state index in [1.807, 2.05) is 80.4 Å². The number of nitrogens with zero attached hydrogens (tertiary/aromatic N) is 6. The zero-order valence-corrected chi connectivity index (χ0v) is 28.5. The second kappa shape index (κ2) is 15.5. The van der Waals surface area contributed by atoms with Gasteiger partial charge in [-0.2, -0.15) is 0 Å². The van der Waals surface area contributed by atoms with E-state index in [2.05, 4.69) is 9.80 Å². The molecule has 3 heterocycles. The quantitative estimate of drug-likeness (QED) is 0.365. The van der Waals surface area contributed by atoms with Crippen LogP contribution in [0.3, 0.4) is 0 Å². The molecule has 3 amide bonds. The molecular weight excluding hydrogens is 592 g/mol. The molecule has 256 valence electrons. The van der Waals surface area contributed by atoms with E-state index < -0.39 is 5.60 Å². The molecule has 0 aliphatic carbocycles. The molecule has 0 bridgehead atoms. The molecule has 2 aliphatic heterocycles. The Hall–Kier alpha value is -3.39. The maximum atomic E-state index is 13.6. The fourth-order valence-electron chi connectivity index (χ4n) is 6.13. The fourth-order valence-corrected chi connectivity index (χ4v) is 6.13. The average Bonchev–Trinajstić information content (AvgIpc) is 3.34. The number of amides is 3. The highest BCUT2D eigenvalue weighted by atomic mass is 16.6. The number of aliphatic hydroxyl groups is 1. The summed E-state index contributed by atoms with van der Waals surface area (Å²) in [5, 5.41) is 9.97. The van der Waals surface area contributed by atoms with Crippen molar-refractivity contribution in [1.82, 2.24) is 29.1 Å². The highest BCUT2D eigenvalue weighted by Crippen LogP contribution is 2.25. The minimum absolute atomic E-state index is 0.0145. The third-order valence-corrected chi connectivity index (χ3v) is 8.69. The van der Waals surface area contributed by atoms with Crippen molar-refractivity contribution >= 4 is 28.8 Å². The molecule has 46 heavy (non-hydrogen) atoms. The average molecular weight is 645 g/mol. The predicted octanol–water partition coefficient (Wildman–Crippen LogP) is 1.72. The van der Waals surface area contributed by atoms with Crippen molar-refractivity contribution in [3.8, 4) is 5.75 Å². The minimum atomic E-state index is -0.606. The lowest BCUT2D eigenvalue weighted by atomic mass is 10.1. The van der Waals surface area contributed by atoms with Gasteiger partial charge >= 0.3 is 6.09 Å². The number of methoxy groups -OCH3 is 1. The first kappa shape index (κ1) is 35.5. The molecule has 0 radical (unpaired) electrons. The molecule has 0 spiro atoms. The summed E-state index contributed by atoms with van der Waals surface area (Å²) in [6, 6.07) is 7.44. The van der Waals surface area contributed by atoms with E-state index in [-0.39, 0.29) is 49.7 Å². The van der Waals surface area contributed by atoms with Crippen LogP contribution in [0.25, 0.3) is 10.9 Å². The van der Waals surface area contributed by atoms with Gasteiger partial charge in [0, 0.05) is 82.9 Å². The van der Waals surface area contributed by atoms with Crippen molar-refractivity contribution in [2.24, 2.45) is 7.05 Å². The number of likely N-dealkylation sites (N-methyl/N-ethyl adjacent to an activating group) is 1. The number of aryl methyl sites for hydroxylation is 1. The molecular formula is C33H52N6O7. The number of fused-ring (bicyclic) bond motifs is 1. The maximum absolute atomic E-state index is 13.6. The van der Waals surface area contributed by atoms with Crippen molar-refractivity contribution in [3.63, 3.8) is 0 Å². The Balaban J connectivity index is 1.38. The van der Waals surface area contributed by atoms with E-state index in [4.69, 9.17) is 19.3 Å². The van der Waals surface area contributed by atoms with Gasteiger partial charge in [-0.15, -0.1) is 0 Å². The summed E-state index contributed by atoms with van der Waals surface area (Å²) >= 11 is 0. The zero-order chi connectivity index (χ0) is 33.6. The van der Waals surface area contributed by atoms with Crippen LogP contribution in [-0.4, -0.2) is 163 Å². The van der Waals surface area contributed by atoms with E-state index in [1.165, 1.54) is 0 Å². The summed E-state index contributed by atoms with van der Waals surface area (Å²) in [6.45, 7) is 12.6. The number of benzene rings is 1. The Bertz CT molecular complexity index is 1350. The molecule has 1 aromatic heterocycles. The highest BCUT2D eigenvalue weighted by Gasteiger charge is 2.38. The SMILES string of the molecule is COc1ccc2cc(C(=O)N3CCN(C(=O)CN4CC(C)N(C(=O)OC(C)(C)C)CC4CN(C)CCOCCO)CC3)n(C)c2c1. The van der Waals surface area contributed by atoms with Crippen molar-refractivity contribution in [1.29, 1.82) is 0 Å². The second-order valence-corrected chi connectivity index (χ2v) is 13.3. The van der Waals surface area contributed by atoms with Crippen molar-refractivity contribution < 1.29 is 33.7 Å². The smallest absolute Gasteiger partial charge is 0.410 e. The number of hydrogen-bond acceptors (Lipinski definition) is 9. The summed E-state index contributed by atoms with van der Waals surface area (Å²) in [4.78, 5) is 49.9. The van der Waals surface area contributed by atoms with Gasteiger partial charge in [0.25, 0.3) is 5.91 Å². The van der Waals surface area contributed by atoms with Crippen LogP contribution < -0.4 is 4.74 Å². The summed E-state index contributed by atoms with van der Waals surface area (Å²) in [7, 11) is 5.49. The first-order chi connectivity index (χ1) is 21.8. The first-order valence-corrected chi connectivity index (χ1v) is 16.1. The maximum Gasteiger partial charge on any atom is 0.410 e. The van der Waals surface area contributed by atoms with Gasteiger partial charge in [0.05, 0.1) is 39.0 Å². The van der Waals surface area contributed by atoms with Gasteiger partial charge in [-0.25, -0.2) is 4.79 Å². The van der Waals surface area contributed by atoms with Crippen LogP contribution in [0.4, 0.5) is 4.79 Å². The predicted molar refractivity (Wildman–Crippen MR) is 175 cm³/mol. The van der Waals surface area contributed by atoms with E-state index >= 15 is 0 Å². The van der Waals surface area contributed by atoms with Crippen LogP contribution in [0.5, 0.6) is 5.75 Å².